The van der Waals surface area contributed by atoms with E-state index in [1.165, 1.54) is 7.11 Å². The fraction of sp³-hybridized carbons (Fsp3) is 0.412. The van der Waals surface area contributed by atoms with Gasteiger partial charge in [-0.05, 0) is 43.3 Å². The van der Waals surface area contributed by atoms with E-state index in [0.717, 1.165) is 16.7 Å². The Hall–Kier alpha value is -1.70. The Morgan fingerprint density at radius 2 is 1.80 bits per heavy atom. The molecule has 1 aromatic carbocycles. The molecule has 0 aromatic heterocycles. The van der Waals surface area contributed by atoms with E-state index in [9.17, 15) is 9.59 Å². The number of halogens is 1. The largest absolute Gasteiger partial charge is 0.490 e. The fourth-order valence-corrected chi connectivity index (χ4v) is 3.28. The molecule has 8 heteroatoms. The lowest BCUT2D eigenvalue weighted by Crippen LogP contribution is -2.31. The van der Waals surface area contributed by atoms with Crippen molar-refractivity contribution in [3.05, 3.63) is 27.6 Å². The molecule has 0 N–H and O–H groups in total. The third kappa shape index (κ3) is 4.68. The molecule has 1 aromatic rings. The monoisotopic (exact) mass is 385 g/mol. The van der Waals surface area contributed by atoms with Gasteiger partial charge in [-0.25, -0.2) is 0 Å². The molecular weight excluding hydrogens is 366 g/mol. The summed E-state index contributed by atoms with van der Waals surface area (Å²) < 4.78 is 16.0. The van der Waals surface area contributed by atoms with Gasteiger partial charge in [0.1, 0.15) is 0 Å². The normalized spacial score (nSPS) is 16.0. The zero-order valence-electron chi connectivity index (χ0n) is 14.3. The summed E-state index contributed by atoms with van der Waals surface area (Å²) in [4.78, 5) is 25.8. The number of thioether (sulfide) groups is 1. The number of nitrogens with zero attached hydrogens (tertiary/aromatic N) is 1. The van der Waals surface area contributed by atoms with Crippen molar-refractivity contribution in [1.29, 1.82) is 0 Å². The number of carbonyl (C=O) groups is 2. The molecule has 1 fully saturated rings. The zero-order valence-corrected chi connectivity index (χ0v) is 15.9. The Kier molecular flexibility index (Phi) is 7.16. The Labute approximate surface area is 156 Å². The molecule has 1 aliphatic rings. The predicted octanol–water partition coefficient (Wildman–Crippen LogP) is 3.82. The van der Waals surface area contributed by atoms with Gasteiger partial charge in [-0.2, -0.15) is 0 Å². The number of imide groups is 1. The zero-order chi connectivity index (χ0) is 18.4. The molecule has 0 unspecified atom stereocenters. The van der Waals surface area contributed by atoms with E-state index >= 15 is 0 Å². The van der Waals surface area contributed by atoms with Crippen LogP contribution in [0.2, 0.25) is 5.02 Å². The summed E-state index contributed by atoms with van der Waals surface area (Å²) in [7, 11) is 1.52. The van der Waals surface area contributed by atoms with E-state index in [4.69, 9.17) is 25.8 Å². The van der Waals surface area contributed by atoms with Crippen molar-refractivity contribution in [3.63, 3.8) is 0 Å². The van der Waals surface area contributed by atoms with Crippen molar-refractivity contribution in [2.24, 2.45) is 0 Å². The second kappa shape index (κ2) is 9.12. The Morgan fingerprint density at radius 3 is 2.40 bits per heavy atom. The fourth-order valence-electron chi connectivity index (χ4n) is 2.21. The highest BCUT2D eigenvalue weighted by Gasteiger charge is 2.34. The number of amides is 2. The highest BCUT2D eigenvalue weighted by Crippen LogP contribution is 2.38. The quantitative estimate of drug-likeness (QED) is 0.634. The smallest absolute Gasteiger partial charge is 0.293 e. The van der Waals surface area contributed by atoms with Crippen LogP contribution in [-0.4, -0.2) is 49.5 Å². The number of carbonyl (C=O) groups excluding carboxylic acids is 2. The molecule has 0 bridgehead atoms. The number of methoxy groups -OCH3 is 1. The van der Waals surface area contributed by atoms with Crippen LogP contribution >= 0.6 is 23.4 Å². The lowest BCUT2D eigenvalue weighted by Gasteiger charge is -2.13. The van der Waals surface area contributed by atoms with Crippen molar-refractivity contribution in [1.82, 2.24) is 4.90 Å². The summed E-state index contributed by atoms with van der Waals surface area (Å²) in [6.45, 7) is 5.20. The topological polar surface area (TPSA) is 65.1 Å². The molecule has 0 saturated carbocycles. The molecule has 0 atom stereocenters. The Bertz CT molecular complexity index is 692. The first-order valence-electron chi connectivity index (χ1n) is 7.85. The third-order valence-corrected chi connectivity index (χ3v) is 4.58. The maximum atomic E-state index is 12.4. The van der Waals surface area contributed by atoms with Crippen LogP contribution in [-0.2, 0) is 9.53 Å². The molecule has 1 saturated heterocycles. The summed E-state index contributed by atoms with van der Waals surface area (Å²) in [5, 5.41) is 0.0935. The van der Waals surface area contributed by atoms with Crippen LogP contribution in [0, 0.1) is 0 Å². The molecule has 136 valence electrons. The van der Waals surface area contributed by atoms with Gasteiger partial charge in [0, 0.05) is 13.2 Å². The van der Waals surface area contributed by atoms with Gasteiger partial charge in [0.25, 0.3) is 11.1 Å². The van der Waals surface area contributed by atoms with Crippen molar-refractivity contribution in [2.45, 2.75) is 13.8 Å². The molecular formula is C17H20ClNO5S. The van der Waals surface area contributed by atoms with Crippen molar-refractivity contribution < 1.29 is 23.8 Å². The van der Waals surface area contributed by atoms with Crippen LogP contribution in [0.15, 0.2) is 17.0 Å². The van der Waals surface area contributed by atoms with Gasteiger partial charge in [0.2, 0.25) is 0 Å². The number of benzene rings is 1. The van der Waals surface area contributed by atoms with E-state index in [1.54, 1.807) is 18.2 Å². The van der Waals surface area contributed by atoms with Crippen molar-refractivity contribution in [3.8, 4) is 11.5 Å². The molecule has 2 amide bonds. The molecule has 0 aliphatic carbocycles. The van der Waals surface area contributed by atoms with Gasteiger partial charge >= 0.3 is 0 Å². The van der Waals surface area contributed by atoms with Crippen LogP contribution in [0.3, 0.4) is 0 Å². The Balaban J connectivity index is 2.32. The molecule has 1 heterocycles. The minimum atomic E-state index is -0.352. The summed E-state index contributed by atoms with van der Waals surface area (Å²) in [5.41, 5.74) is 0.589. The molecule has 0 radical (unpaired) electrons. The Morgan fingerprint density at radius 1 is 1.16 bits per heavy atom. The molecule has 6 nitrogen and oxygen atoms in total. The molecule has 25 heavy (non-hydrogen) atoms. The van der Waals surface area contributed by atoms with Gasteiger partial charge in [-0.3, -0.25) is 14.5 Å². The second-order valence-corrected chi connectivity index (χ2v) is 6.41. The first-order chi connectivity index (χ1) is 12.0. The molecule has 1 aliphatic heterocycles. The number of rotatable bonds is 8. The van der Waals surface area contributed by atoms with E-state index in [-0.39, 0.29) is 17.7 Å². The van der Waals surface area contributed by atoms with Gasteiger partial charge < -0.3 is 14.2 Å². The molecule has 0 spiro atoms. The third-order valence-electron chi connectivity index (χ3n) is 3.34. The van der Waals surface area contributed by atoms with Crippen LogP contribution in [0.4, 0.5) is 4.79 Å². The van der Waals surface area contributed by atoms with Crippen molar-refractivity contribution >= 4 is 40.6 Å². The van der Waals surface area contributed by atoms with E-state index in [0.29, 0.717) is 46.8 Å². The van der Waals surface area contributed by atoms with Gasteiger partial charge in [-0.15, -0.1) is 0 Å². The second-order valence-electron chi connectivity index (χ2n) is 5.01. The highest BCUT2D eigenvalue weighted by atomic mass is 35.5. The summed E-state index contributed by atoms with van der Waals surface area (Å²) >= 11 is 7.18. The van der Waals surface area contributed by atoms with Gasteiger partial charge in [0.15, 0.2) is 11.5 Å². The summed E-state index contributed by atoms with van der Waals surface area (Å²) in [5.74, 6) is 0.730. The lowest BCUT2D eigenvalue weighted by molar-refractivity contribution is -0.123. The lowest BCUT2D eigenvalue weighted by atomic mass is 10.1. The van der Waals surface area contributed by atoms with Crippen LogP contribution in [0.25, 0.3) is 6.08 Å². The minimum absolute atomic E-state index is 0.222. The predicted molar refractivity (Wildman–Crippen MR) is 98.3 cm³/mol. The number of ether oxygens (including phenoxy) is 3. The number of hydrogen-bond donors (Lipinski definition) is 0. The van der Waals surface area contributed by atoms with E-state index in [1.807, 2.05) is 13.8 Å². The maximum absolute atomic E-state index is 12.4. The number of hydrogen-bond acceptors (Lipinski definition) is 6. The van der Waals surface area contributed by atoms with Crippen LogP contribution in [0.1, 0.15) is 19.4 Å². The molecule has 2 rings (SSSR count). The average Bonchev–Trinajstić information content (AvgIpc) is 2.84. The van der Waals surface area contributed by atoms with E-state index < -0.39 is 0 Å². The summed E-state index contributed by atoms with van der Waals surface area (Å²) in [6, 6.07) is 3.36. The standard InChI is InChI=1S/C17H20ClNO5S/c1-4-23-13-8-11(12(18)10-14(13)24-5-2)9-15-16(20)19(6-7-22-3)17(21)25-15/h8-10H,4-7H2,1-3H3/b15-9+. The first kappa shape index (κ1) is 19.6. The van der Waals surface area contributed by atoms with E-state index in [2.05, 4.69) is 0 Å². The van der Waals surface area contributed by atoms with Gasteiger partial charge in [0.05, 0.1) is 36.3 Å². The van der Waals surface area contributed by atoms with Gasteiger partial charge in [-0.1, -0.05) is 11.6 Å². The van der Waals surface area contributed by atoms with Crippen LogP contribution < -0.4 is 9.47 Å². The average molecular weight is 386 g/mol. The minimum Gasteiger partial charge on any atom is -0.490 e. The van der Waals surface area contributed by atoms with Crippen molar-refractivity contribution in [2.75, 3.05) is 33.5 Å². The summed E-state index contributed by atoms with van der Waals surface area (Å²) in [6.07, 6.45) is 1.60. The SMILES string of the molecule is CCOc1cc(Cl)c(/C=C2/SC(=O)N(CCOC)C2=O)cc1OCC. The maximum Gasteiger partial charge on any atom is 0.293 e. The first-order valence-corrected chi connectivity index (χ1v) is 9.04. The highest BCUT2D eigenvalue weighted by molar-refractivity contribution is 8.18. The van der Waals surface area contributed by atoms with Crippen LogP contribution in [0.5, 0.6) is 11.5 Å².